The summed E-state index contributed by atoms with van der Waals surface area (Å²) >= 11 is 0. The van der Waals surface area contributed by atoms with Gasteiger partial charge in [0, 0.05) is 24.4 Å². The molecule has 1 fully saturated rings. The van der Waals surface area contributed by atoms with Crippen LogP contribution in [0.1, 0.15) is 120 Å². The van der Waals surface area contributed by atoms with Crippen LogP contribution in [0, 0.1) is 11.3 Å². The maximum atomic E-state index is 11.6. The third kappa shape index (κ3) is 11.3. The summed E-state index contributed by atoms with van der Waals surface area (Å²) in [5.41, 5.74) is 8.32. The standard InChI is InChI=1S/C16H23NO2.C13H18.C6H14/c1-3-5-13-10-14(7-8-16(13)12(2)18)17-11-15-6-4-9-19-15;1-3-11-5-7-12-8-10(2)4-6-13(12)9-11;1-5-6(2,3)4/h7-8,10,15,17H,3-6,9,11H2,1-2H3;5,7,9-10H,3-4,6,8H2,1-2H3;5H2,1-4H3. The lowest BCUT2D eigenvalue weighted by Gasteiger charge is -2.21. The second kappa shape index (κ2) is 16.1. The molecule has 0 spiro atoms. The first-order chi connectivity index (χ1) is 18.1. The molecule has 0 amide bonds. The number of aryl methyl sites for hydroxylation is 3. The molecular weight excluding hydrogens is 466 g/mol. The second-order valence-corrected chi connectivity index (χ2v) is 12.4. The molecule has 2 aromatic rings. The van der Waals surface area contributed by atoms with Crippen LogP contribution >= 0.6 is 0 Å². The van der Waals surface area contributed by atoms with Gasteiger partial charge in [-0.3, -0.25) is 4.79 Å². The zero-order valence-corrected chi connectivity index (χ0v) is 25.7. The molecule has 1 saturated heterocycles. The van der Waals surface area contributed by atoms with Gasteiger partial charge in [0.15, 0.2) is 5.78 Å². The van der Waals surface area contributed by atoms with E-state index in [0.717, 1.165) is 61.6 Å². The summed E-state index contributed by atoms with van der Waals surface area (Å²) in [6.07, 6.45) is 11.0. The van der Waals surface area contributed by atoms with Crippen molar-refractivity contribution in [1.29, 1.82) is 0 Å². The molecule has 3 heteroatoms. The third-order valence-electron chi connectivity index (χ3n) is 7.78. The van der Waals surface area contributed by atoms with Crippen LogP contribution in [0.15, 0.2) is 36.4 Å². The van der Waals surface area contributed by atoms with Crippen LogP contribution in [0.25, 0.3) is 0 Å². The largest absolute Gasteiger partial charge is 0.382 e. The average molecular weight is 522 g/mol. The van der Waals surface area contributed by atoms with Crippen LogP contribution < -0.4 is 5.32 Å². The molecule has 1 aliphatic carbocycles. The highest BCUT2D eigenvalue weighted by Crippen LogP contribution is 2.26. The molecule has 4 rings (SSSR count). The van der Waals surface area contributed by atoms with Gasteiger partial charge in [-0.2, -0.15) is 0 Å². The van der Waals surface area contributed by atoms with Gasteiger partial charge < -0.3 is 10.1 Å². The van der Waals surface area contributed by atoms with Gasteiger partial charge in [-0.15, -0.1) is 0 Å². The Hall–Kier alpha value is -2.13. The number of fused-ring (bicyclic) bond motifs is 1. The van der Waals surface area contributed by atoms with E-state index in [9.17, 15) is 4.79 Å². The van der Waals surface area contributed by atoms with Gasteiger partial charge in [0.25, 0.3) is 0 Å². The highest BCUT2D eigenvalue weighted by molar-refractivity contribution is 5.96. The van der Waals surface area contributed by atoms with Gasteiger partial charge in [0.05, 0.1) is 6.10 Å². The Morgan fingerprint density at radius 2 is 1.76 bits per heavy atom. The smallest absolute Gasteiger partial charge is 0.160 e. The quantitative estimate of drug-likeness (QED) is 0.369. The molecule has 1 aliphatic heterocycles. The van der Waals surface area contributed by atoms with Crippen molar-refractivity contribution < 1.29 is 9.53 Å². The molecule has 0 aromatic heterocycles. The van der Waals surface area contributed by atoms with Crippen molar-refractivity contribution in [2.75, 3.05) is 18.5 Å². The minimum atomic E-state index is 0.147. The molecule has 0 bridgehead atoms. The van der Waals surface area contributed by atoms with Crippen LogP contribution in [-0.2, 0) is 30.4 Å². The maximum Gasteiger partial charge on any atom is 0.160 e. The fourth-order valence-electron chi connectivity index (χ4n) is 4.77. The van der Waals surface area contributed by atoms with Gasteiger partial charge in [-0.05, 0) is 104 Å². The molecule has 2 atom stereocenters. The first-order valence-corrected chi connectivity index (χ1v) is 15.2. The summed E-state index contributed by atoms with van der Waals surface area (Å²) in [6.45, 7) is 19.0. The molecule has 0 saturated carbocycles. The summed E-state index contributed by atoms with van der Waals surface area (Å²) in [5, 5.41) is 3.42. The van der Waals surface area contributed by atoms with Crippen molar-refractivity contribution in [2.45, 2.75) is 119 Å². The van der Waals surface area contributed by atoms with E-state index < -0.39 is 0 Å². The van der Waals surface area contributed by atoms with Crippen molar-refractivity contribution in [3.8, 4) is 0 Å². The minimum absolute atomic E-state index is 0.147. The zero-order chi connectivity index (χ0) is 28.1. The van der Waals surface area contributed by atoms with Crippen molar-refractivity contribution >= 4 is 11.5 Å². The SMILES string of the molecule is CCC(C)(C)C.CCCc1cc(NCC2CCCO2)ccc1C(C)=O.CCc1ccc2c(c1)CCC(C)C2. The summed E-state index contributed by atoms with van der Waals surface area (Å²) in [4.78, 5) is 11.6. The molecule has 2 aliphatic rings. The first kappa shape index (κ1) is 32.1. The Morgan fingerprint density at radius 3 is 2.34 bits per heavy atom. The lowest BCUT2D eigenvalue weighted by molar-refractivity contribution is 0.101. The average Bonchev–Trinajstić information content (AvgIpc) is 3.41. The predicted molar refractivity (Wildman–Crippen MR) is 165 cm³/mol. The van der Waals surface area contributed by atoms with Crippen molar-refractivity contribution in [3.63, 3.8) is 0 Å². The number of anilines is 1. The van der Waals surface area contributed by atoms with Gasteiger partial charge in [-0.25, -0.2) is 0 Å². The van der Waals surface area contributed by atoms with Crippen LogP contribution in [0.5, 0.6) is 0 Å². The number of hydrogen-bond acceptors (Lipinski definition) is 3. The van der Waals surface area contributed by atoms with E-state index >= 15 is 0 Å². The summed E-state index contributed by atoms with van der Waals surface area (Å²) in [7, 11) is 0. The fourth-order valence-corrected chi connectivity index (χ4v) is 4.77. The molecule has 38 heavy (non-hydrogen) atoms. The number of ketones is 1. The lowest BCUT2D eigenvalue weighted by Crippen LogP contribution is -2.18. The van der Waals surface area contributed by atoms with E-state index in [2.05, 4.69) is 78.0 Å². The minimum Gasteiger partial charge on any atom is -0.382 e. The topological polar surface area (TPSA) is 38.3 Å². The lowest BCUT2D eigenvalue weighted by atomic mass is 9.84. The zero-order valence-electron chi connectivity index (χ0n) is 25.7. The van der Waals surface area contributed by atoms with Crippen LogP contribution in [-0.4, -0.2) is 25.0 Å². The molecule has 0 radical (unpaired) electrons. The monoisotopic (exact) mass is 521 g/mol. The Morgan fingerprint density at radius 1 is 1.03 bits per heavy atom. The normalized spacial score (nSPS) is 18.4. The van der Waals surface area contributed by atoms with E-state index in [1.54, 1.807) is 18.1 Å². The van der Waals surface area contributed by atoms with Gasteiger partial charge in [0.1, 0.15) is 0 Å². The van der Waals surface area contributed by atoms with Crippen molar-refractivity contribution in [2.24, 2.45) is 11.3 Å². The van der Waals surface area contributed by atoms with E-state index in [-0.39, 0.29) is 5.78 Å². The maximum absolute atomic E-state index is 11.6. The van der Waals surface area contributed by atoms with Gasteiger partial charge in [0.2, 0.25) is 0 Å². The first-order valence-electron chi connectivity index (χ1n) is 15.2. The predicted octanol–water partition coefficient (Wildman–Crippen LogP) is 9.25. The second-order valence-electron chi connectivity index (χ2n) is 12.4. The molecule has 1 heterocycles. The Balaban J connectivity index is 0.000000230. The van der Waals surface area contributed by atoms with E-state index in [0.29, 0.717) is 11.5 Å². The number of carbonyl (C=O) groups excluding carboxylic acids is 1. The number of rotatable bonds is 7. The van der Waals surface area contributed by atoms with Crippen LogP contribution in [0.3, 0.4) is 0 Å². The number of Topliss-reactive ketones (excluding diaryl/α,β-unsaturated/α-hetero) is 1. The number of ether oxygens (including phenoxy) is 1. The third-order valence-corrected chi connectivity index (χ3v) is 7.78. The van der Waals surface area contributed by atoms with E-state index in [1.807, 2.05) is 12.1 Å². The van der Waals surface area contributed by atoms with E-state index in [4.69, 9.17) is 4.74 Å². The van der Waals surface area contributed by atoms with Crippen molar-refractivity contribution in [3.05, 3.63) is 64.2 Å². The Kier molecular flexibility index (Phi) is 13.6. The number of nitrogens with one attached hydrogen (secondary N) is 1. The highest BCUT2D eigenvalue weighted by atomic mass is 16.5. The highest BCUT2D eigenvalue weighted by Gasteiger charge is 2.16. The summed E-state index contributed by atoms with van der Waals surface area (Å²) in [6, 6.07) is 13.1. The molecule has 212 valence electrons. The van der Waals surface area contributed by atoms with Gasteiger partial charge >= 0.3 is 0 Å². The molecular formula is C35H55NO2. The Labute approximate surface area is 234 Å². The number of carbonyl (C=O) groups is 1. The molecule has 2 aromatic carbocycles. The van der Waals surface area contributed by atoms with Crippen LogP contribution in [0.4, 0.5) is 5.69 Å². The van der Waals surface area contributed by atoms with Gasteiger partial charge in [-0.1, -0.05) is 79.5 Å². The summed E-state index contributed by atoms with van der Waals surface area (Å²) < 4.78 is 5.60. The molecule has 1 N–H and O–H groups in total. The van der Waals surface area contributed by atoms with Crippen LogP contribution in [0.2, 0.25) is 0 Å². The molecule has 2 unspecified atom stereocenters. The molecule has 3 nitrogen and oxygen atoms in total. The van der Waals surface area contributed by atoms with Crippen molar-refractivity contribution in [1.82, 2.24) is 0 Å². The summed E-state index contributed by atoms with van der Waals surface area (Å²) in [5.74, 6) is 1.04. The number of benzene rings is 2. The fraction of sp³-hybridized carbons (Fsp3) is 0.629. The van der Waals surface area contributed by atoms with E-state index in [1.165, 1.54) is 37.7 Å². The number of hydrogen-bond donors (Lipinski definition) is 1. The Bertz CT molecular complexity index is 982.